The molecule has 0 saturated carbocycles. The third-order valence-electron chi connectivity index (χ3n) is 5.04. The van der Waals surface area contributed by atoms with Crippen LogP contribution in [0.1, 0.15) is 21.7 Å². The maximum absolute atomic E-state index is 12.6. The summed E-state index contributed by atoms with van der Waals surface area (Å²) in [4.78, 5) is 31.0. The highest BCUT2D eigenvalue weighted by Crippen LogP contribution is 2.29. The van der Waals surface area contributed by atoms with Crippen LogP contribution in [0.15, 0.2) is 60.2 Å². The summed E-state index contributed by atoms with van der Waals surface area (Å²) in [6.45, 7) is 2.49. The van der Waals surface area contributed by atoms with Crippen molar-refractivity contribution in [1.29, 1.82) is 5.26 Å². The minimum atomic E-state index is -0.591. The summed E-state index contributed by atoms with van der Waals surface area (Å²) in [5.41, 5.74) is 2.36. The Morgan fingerprint density at radius 3 is 2.84 bits per heavy atom. The fraction of sp³-hybridized carbons (Fsp3) is 0.174. The molecular weight excluding hydrogens is 426 g/mol. The summed E-state index contributed by atoms with van der Waals surface area (Å²) in [5, 5.41) is 23.5. The number of nitrogens with one attached hydrogen (secondary N) is 1. The number of thiazole rings is 1. The van der Waals surface area contributed by atoms with E-state index >= 15 is 0 Å². The van der Waals surface area contributed by atoms with Crippen molar-refractivity contribution in [2.75, 3.05) is 11.9 Å². The first-order valence-electron chi connectivity index (χ1n) is 9.94. The SMILES string of the molecule is N#C/C(=C\c1cccc([N+](=O)[O-])c1)C(=O)Nc1nc2c(s1)CN(Cc1ccccc1)CC2. The van der Waals surface area contributed by atoms with E-state index in [0.29, 0.717) is 10.7 Å². The minimum Gasteiger partial charge on any atom is -0.297 e. The lowest BCUT2D eigenvalue weighted by Crippen LogP contribution is -2.29. The zero-order chi connectivity index (χ0) is 22.5. The standard InChI is InChI=1S/C23H19N5O3S/c24-13-18(11-17-7-4-8-19(12-17)28(30)31)22(29)26-23-25-20-9-10-27(15-21(20)32-23)14-16-5-2-1-3-6-16/h1-8,11-12H,9-10,14-15H2,(H,25,26,29)/b18-11+. The van der Waals surface area contributed by atoms with Crippen molar-refractivity contribution in [2.45, 2.75) is 19.5 Å². The number of carbonyl (C=O) groups is 1. The van der Waals surface area contributed by atoms with Gasteiger partial charge in [0.2, 0.25) is 0 Å². The number of aromatic nitrogens is 1. The molecule has 0 fully saturated rings. The molecule has 1 N–H and O–H groups in total. The molecule has 0 saturated heterocycles. The number of rotatable bonds is 6. The average molecular weight is 446 g/mol. The zero-order valence-electron chi connectivity index (χ0n) is 17.0. The summed E-state index contributed by atoms with van der Waals surface area (Å²) in [5.74, 6) is -0.591. The number of non-ortho nitro benzene ring substituents is 1. The van der Waals surface area contributed by atoms with Crippen LogP contribution in [-0.4, -0.2) is 27.3 Å². The fourth-order valence-electron chi connectivity index (χ4n) is 3.49. The van der Waals surface area contributed by atoms with Crippen LogP contribution in [-0.2, 0) is 24.3 Å². The third kappa shape index (κ3) is 5.06. The Morgan fingerprint density at radius 2 is 2.09 bits per heavy atom. The van der Waals surface area contributed by atoms with E-state index in [9.17, 15) is 20.2 Å². The van der Waals surface area contributed by atoms with Crippen molar-refractivity contribution in [1.82, 2.24) is 9.88 Å². The second-order valence-electron chi connectivity index (χ2n) is 7.31. The lowest BCUT2D eigenvalue weighted by Gasteiger charge is -2.25. The molecule has 2 heterocycles. The molecule has 0 spiro atoms. The van der Waals surface area contributed by atoms with Crippen LogP contribution >= 0.6 is 11.3 Å². The van der Waals surface area contributed by atoms with Gasteiger partial charge in [-0.15, -0.1) is 11.3 Å². The number of amides is 1. The van der Waals surface area contributed by atoms with Crippen LogP contribution in [0.25, 0.3) is 6.08 Å². The first-order chi connectivity index (χ1) is 15.5. The summed E-state index contributed by atoms with van der Waals surface area (Å²) >= 11 is 1.41. The first-order valence-corrected chi connectivity index (χ1v) is 10.8. The molecule has 1 aliphatic rings. The van der Waals surface area contributed by atoms with E-state index in [2.05, 4.69) is 27.3 Å². The Labute approximate surface area is 188 Å². The fourth-order valence-corrected chi connectivity index (χ4v) is 4.53. The molecule has 0 atom stereocenters. The van der Waals surface area contributed by atoms with Gasteiger partial charge in [0.05, 0.1) is 10.6 Å². The number of benzene rings is 2. The summed E-state index contributed by atoms with van der Waals surface area (Å²) in [6.07, 6.45) is 2.13. The predicted molar refractivity (Wildman–Crippen MR) is 122 cm³/mol. The van der Waals surface area contributed by atoms with E-state index in [1.54, 1.807) is 6.07 Å². The van der Waals surface area contributed by atoms with E-state index in [0.717, 1.165) is 36.6 Å². The monoisotopic (exact) mass is 445 g/mol. The van der Waals surface area contributed by atoms with E-state index in [4.69, 9.17) is 0 Å². The lowest BCUT2D eigenvalue weighted by atomic mass is 10.1. The molecule has 0 unspecified atom stereocenters. The van der Waals surface area contributed by atoms with Gasteiger partial charge in [-0.1, -0.05) is 42.5 Å². The second kappa shape index (κ2) is 9.51. The van der Waals surface area contributed by atoms with Gasteiger partial charge in [0.25, 0.3) is 11.6 Å². The van der Waals surface area contributed by atoms with E-state index in [-0.39, 0.29) is 11.3 Å². The predicted octanol–water partition coefficient (Wildman–Crippen LogP) is 4.16. The highest BCUT2D eigenvalue weighted by molar-refractivity contribution is 7.15. The van der Waals surface area contributed by atoms with Crippen molar-refractivity contribution < 1.29 is 9.72 Å². The first kappa shape index (κ1) is 21.4. The Kier molecular flexibility index (Phi) is 6.35. The molecule has 0 bridgehead atoms. The molecule has 9 heteroatoms. The van der Waals surface area contributed by atoms with Gasteiger partial charge in [-0.05, 0) is 17.2 Å². The van der Waals surface area contributed by atoms with Crippen LogP contribution in [0.3, 0.4) is 0 Å². The molecule has 1 aromatic heterocycles. The van der Waals surface area contributed by atoms with Crippen LogP contribution in [0, 0.1) is 21.4 Å². The molecule has 4 rings (SSSR count). The van der Waals surface area contributed by atoms with Crippen molar-refractivity contribution >= 4 is 34.1 Å². The number of anilines is 1. The van der Waals surface area contributed by atoms with E-state index < -0.39 is 10.8 Å². The van der Waals surface area contributed by atoms with Crippen molar-refractivity contribution in [3.8, 4) is 6.07 Å². The van der Waals surface area contributed by atoms with Gasteiger partial charge in [0.15, 0.2) is 5.13 Å². The Hall–Kier alpha value is -3.87. The summed E-state index contributed by atoms with van der Waals surface area (Å²) in [6, 6.07) is 17.9. The number of nitrogens with zero attached hydrogens (tertiary/aromatic N) is 4. The largest absolute Gasteiger partial charge is 0.297 e. The molecule has 0 aliphatic carbocycles. The smallest absolute Gasteiger partial charge is 0.270 e. The average Bonchev–Trinajstić information content (AvgIpc) is 3.19. The molecule has 2 aromatic carbocycles. The van der Waals surface area contributed by atoms with Crippen molar-refractivity contribution in [3.05, 3.63) is 92.0 Å². The normalized spacial score (nSPS) is 13.8. The maximum Gasteiger partial charge on any atom is 0.270 e. The van der Waals surface area contributed by atoms with Gasteiger partial charge < -0.3 is 0 Å². The minimum absolute atomic E-state index is 0.107. The molecule has 1 amide bonds. The molecule has 0 radical (unpaired) electrons. The number of nitriles is 1. The van der Waals surface area contributed by atoms with Gasteiger partial charge in [-0.3, -0.25) is 25.1 Å². The van der Waals surface area contributed by atoms with E-state index in [1.165, 1.54) is 41.2 Å². The molecule has 32 heavy (non-hydrogen) atoms. The topological polar surface area (TPSA) is 112 Å². The number of nitro groups is 1. The maximum atomic E-state index is 12.6. The Morgan fingerprint density at radius 1 is 1.28 bits per heavy atom. The van der Waals surface area contributed by atoms with Gasteiger partial charge in [0, 0.05) is 43.1 Å². The van der Waals surface area contributed by atoms with Crippen LogP contribution in [0.2, 0.25) is 0 Å². The van der Waals surface area contributed by atoms with Crippen LogP contribution in [0.5, 0.6) is 0 Å². The quantitative estimate of drug-likeness (QED) is 0.264. The Balaban J connectivity index is 1.44. The molecule has 160 valence electrons. The van der Waals surface area contributed by atoms with Gasteiger partial charge in [0.1, 0.15) is 11.6 Å². The van der Waals surface area contributed by atoms with Crippen LogP contribution < -0.4 is 5.32 Å². The number of carbonyl (C=O) groups excluding carboxylic acids is 1. The Bertz CT molecular complexity index is 1230. The van der Waals surface area contributed by atoms with Gasteiger partial charge in [-0.2, -0.15) is 5.26 Å². The number of nitro benzene ring substituents is 1. The second-order valence-corrected chi connectivity index (χ2v) is 8.39. The lowest BCUT2D eigenvalue weighted by molar-refractivity contribution is -0.384. The molecule has 8 nitrogen and oxygen atoms in total. The summed E-state index contributed by atoms with van der Waals surface area (Å²) < 4.78 is 0. The number of hydrogen-bond donors (Lipinski definition) is 1. The highest BCUT2D eigenvalue weighted by atomic mass is 32.1. The van der Waals surface area contributed by atoms with Gasteiger partial charge in [-0.25, -0.2) is 4.98 Å². The zero-order valence-corrected chi connectivity index (χ0v) is 17.8. The van der Waals surface area contributed by atoms with Crippen molar-refractivity contribution in [2.24, 2.45) is 0 Å². The number of hydrogen-bond acceptors (Lipinski definition) is 7. The van der Waals surface area contributed by atoms with Crippen molar-refractivity contribution in [3.63, 3.8) is 0 Å². The molecule has 1 aliphatic heterocycles. The van der Waals surface area contributed by atoms with Crippen LogP contribution in [0.4, 0.5) is 10.8 Å². The van der Waals surface area contributed by atoms with E-state index in [1.807, 2.05) is 24.3 Å². The van der Waals surface area contributed by atoms with Gasteiger partial charge >= 0.3 is 0 Å². The summed E-state index contributed by atoms with van der Waals surface area (Å²) in [7, 11) is 0. The number of fused-ring (bicyclic) bond motifs is 1. The molecule has 3 aromatic rings. The third-order valence-corrected chi connectivity index (χ3v) is 6.03. The highest BCUT2D eigenvalue weighted by Gasteiger charge is 2.22. The molecular formula is C23H19N5O3S.